The van der Waals surface area contributed by atoms with Crippen LogP contribution in [0.2, 0.25) is 0 Å². The SMILES string of the molecule is Cc1ccc(N[C@@H]2CC(O)[C@@H](CO)O2)cc1[N+](=O)[O-]. The summed E-state index contributed by atoms with van der Waals surface area (Å²) in [4.78, 5) is 10.4. The lowest BCUT2D eigenvalue weighted by molar-refractivity contribution is -0.385. The van der Waals surface area contributed by atoms with E-state index in [1.54, 1.807) is 19.1 Å². The molecule has 0 spiro atoms. The number of ether oxygens (including phenoxy) is 1. The maximum absolute atomic E-state index is 10.8. The molecule has 1 aliphatic rings. The highest BCUT2D eigenvalue weighted by atomic mass is 16.6. The Morgan fingerprint density at radius 1 is 1.58 bits per heavy atom. The Bertz CT molecular complexity index is 479. The van der Waals surface area contributed by atoms with Crippen LogP contribution in [0.15, 0.2) is 18.2 Å². The molecule has 1 saturated heterocycles. The van der Waals surface area contributed by atoms with Crippen molar-refractivity contribution >= 4 is 11.4 Å². The van der Waals surface area contributed by atoms with Crippen LogP contribution in [0.5, 0.6) is 0 Å². The van der Waals surface area contributed by atoms with Crippen LogP contribution in [0.4, 0.5) is 11.4 Å². The standard InChI is InChI=1S/C12H16N2O5/c1-7-2-3-8(4-9(7)14(17)18)13-12-5-10(16)11(6-15)19-12/h2-4,10-13,15-16H,5-6H2,1H3/t10?,11-,12+/m1/s1. The van der Waals surface area contributed by atoms with Crippen LogP contribution >= 0.6 is 0 Å². The zero-order valence-electron chi connectivity index (χ0n) is 10.4. The van der Waals surface area contributed by atoms with Crippen LogP contribution in [0, 0.1) is 17.0 Å². The summed E-state index contributed by atoms with van der Waals surface area (Å²) in [6, 6.07) is 4.79. The Kier molecular flexibility index (Phi) is 3.98. The van der Waals surface area contributed by atoms with Gasteiger partial charge in [-0.25, -0.2) is 0 Å². The van der Waals surface area contributed by atoms with Crippen LogP contribution in [0.1, 0.15) is 12.0 Å². The largest absolute Gasteiger partial charge is 0.394 e. The number of nitro groups is 1. The predicted molar refractivity (Wildman–Crippen MR) is 67.8 cm³/mol. The zero-order valence-corrected chi connectivity index (χ0v) is 10.4. The lowest BCUT2D eigenvalue weighted by atomic mass is 10.1. The minimum atomic E-state index is -0.733. The highest BCUT2D eigenvalue weighted by Gasteiger charge is 2.33. The van der Waals surface area contributed by atoms with Crippen molar-refractivity contribution in [3.8, 4) is 0 Å². The van der Waals surface area contributed by atoms with E-state index in [4.69, 9.17) is 9.84 Å². The molecule has 0 aliphatic carbocycles. The van der Waals surface area contributed by atoms with Gasteiger partial charge in [-0.15, -0.1) is 0 Å². The number of nitro benzene ring substituents is 1. The Morgan fingerprint density at radius 3 is 2.89 bits per heavy atom. The number of rotatable bonds is 4. The van der Waals surface area contributed by atoms with Gasteiger partial charge in [0.15, 0.2) is 0 Å². The molecular formula is C12H16N2O5. The molecule has 0 aromatic heterocycles. The van der Waals surface area contributed by atoms with E-state index in [9.17, 15) is 15.2 Å². The fourth-order valence-electron chi connectivity index (χ4n) is 2.07. The maximum Gasteiger partial charge on any atom is 0.274 e. The topological polar surface area (TPSA) is 105 Å². The van der Waals surface area contributed by atoms with Gasteiger partial charge in [-0.1, -0.05) is 6.07 Å². The van der Waals surface area contributed by atoms with Crippen molar-refractivity contribution < 1.29 is 19.9 Å². The molecule has 0 amide bonds. The highest BCUT2D eigenvalue weighted by molar-refractivity contribution is 5.55. The monoisotopic (exact) mass is 268 g/mol. The van der Waals surface area contributed by atoms with Crippen molar-refractivity contribution in [2.45, 2.75) is 31.8 Å². The predicted octanol–water partition coefficient (Wildman–Crippen LogP) is 0.783. The molecule has 104 valence electrons. The number of nitrogens with one attached hydrogen (secondary N) is 1. The first-order chi connectivity index (χ1) is 9.01. The average molecular weight is 268 g/mol. The molecule has 0 radical (unpaired) electrons. The Morgan fingerprint density at radius 2 is 2.32 bits per heavy atom. The summed E-state index contributed by atoms with van der Waals surface area (Å²) < 4.78 is 5.38. The summed E-state index contributed by atoms with van der Waals surface area (Å²) >= 11 is 0. The molecule has 19 heavy (non-hydrogen) atoms. The summed E-state index contributed by atoms with van der Waals surface area (Å²) in [5.74, 6) is 0. The van der Waals surface area contributed by atoms with Crippen LogP contribution in [0.3, 0.4) is 0 Å². The molecular weight excluding hydrogens is 252 g/mol. The van der Waals surface area contributed by atoms with Crippen molar-refractivity contribution in [1.82, 2.24) is 0 Å². The maximum atomic E-state index is 10.8. The smallest absolute Gasteiger partial charge is 0.274 e. The third-order valence-electron chi connectivity index (χ3n) is 3.14. The fraction of sp³-hybridized carbons (Fsp3) is 0.500. The lowest BCUT2D eigenvalue weighted by Gasteiger charge is -2.15. The number of aryl methyl sites for hydroxylation is 1. The molecule has 1 aliphatic heterocycles. The second-order valence-corrected chi connectivity index (χ2v) is 4.55. The number of anilines is 1. The van der Waals surface area contributed by atoms with Gasteiger partial charge >= 0.3 is 0 Å². The van der Waals surface area contributed by atoms with Crippen LogP contribution in [0.25, 0.3) is 0 Å². The summed E-state index contributed by atoms with van der Waals surface area (Å²) in [7, 11) is 0. The Labute approximate surface area is 110 Å². The fourth-order valence-corrected chi connectivity index (χ4v) is 2.07. The van der Waals surface area contributed by atoms with E-state index in [2.05, 4.69) is 5.32 Å². The summed E-state index contributed by atoms with van der Waals surface area (Å²) in [5.41, 5.74) is 1.16. The van der Waals surface area contributed by atoms with E-state index in [-0.39, 0.29) is 12.3 Å². The van der Waals surface area contributed by atoms with E-state index in [0.717, 1.165) is 0 Å². The Hall–Kier alpha value is -1.70. The molecule has 0 saturated carbocycles. The number of aliphatic hydroxyl groups excluding tert-OH is 2. The van der Waals surface area contributed by atoms with Crippen LogP contribution in [-0.2, 0) is 4.74 Å². The van der Waals surface area contributed by atoms with Gasteiger partial charge in [0.25, 0.3) is 5.69 Å². The van der Waals surface area contributed by atoms with Gasteiger partial charge < -0.3 is 20.3 Å². The van der Waals surface area contributed by atoms with Gasteiger partial charge in [-0.3, -0.25) is 10.1 Å². The number of nitrogens with zero attached hydrogens (tertiary/aromatic N) is 1. The second kappa shape index (κ2) is 5.52. The first-order valence-electron chi connectivity index (χ1n) is 5.97. The van der Waals surface area contributed by atoms with Crippen LogP contribution < -0.4 is 5.32 Å². The zero-order chi connectivity index (χ0) is 14.0. The molecule has 1 heterocycles. The normalized spacial score (nSPS) is 26.4. The number of benzene rings is 1. The quantitative estimate of drug-likeness (QED) is 0.550. The molecule has 1 unspecified atom stereocenters. The Balaban J connectivity index is 2.08. The van der Waals surface area contributed by atoms with Gasteiger partial charge in [-0.2, -0.15) is 0 Å². The number of hydrogen-bond acceptors (Lipinski definition) is 6. The first kappa shape index (κ1) is 13.7. The van der Waals surface area contributed by atoms with Crippen molar-refractivity contribution in [3.05, 3.63) is 33.9 Å². The third-order valence-corrected chi connectivity index (χ3v) is 3.14. The molecule has 1 aromatic carbocycles. The summed E-state index contributed by atoms with van der Waals surface area (Å²) in [6.07, 6.45) is -1.48. The van der Waals surface area contributed by atoms with Crippen molar-refractivity contribution in [2.24, 2.45) is 0 Å². The van der Waals surface area contributed by atoms with Gasteiger partial charge in [0.1, 0.15) is 12.3 Å². The minimum Gasteiger partial charge on any atom is -0.394 e. The van der Waals surface area contributed by atoms with Crippen molar-refractivity contribution in [3.63, 3.8) is 0 Å². The molecule has 1 aromatic rings. The second-order valence-electron chi connectivity index (χ2n) is 4.55. The van der Waals surface area contributed by atoms with E-state index in [1.807, 2.05) is 0 Å². The van der Waals surface area contributed by atoms with Crippen LogP contribution in [-0.4, -0.2) is 40.2 Å². The van der Waals surface area contributed by atoms with Crippen molar-refractivity contribution in [1.29, 1.82) is 0 Å². The first-order valence-corrected chi connectivity index (χ1v) is 5.97. The van der Waals surface area contributed by atoms with E-state index >= 15 is 0 Å². The molecule has 0 bridgehead atoms. The average Bonchev–Trinajstić information content (AvgIpc) is 2.71. The van der Waals surface area contributed by atoms with E-state index in [0.29, 0.717) is 17.7 Å². The molecule has 3 atom stereocenters. The lowest BCUT2D eigenvalue weighted by Crippen LogP contribution is -2.25. The van der Waals surface area contributed by atoms with Gasteiger partial charge in [0, 0.05) is 23.7 Å². The summed E-state index contributed by atoms with van der Waals surface area (Å²) in [6.45, 7) is 1.41. The molecule has 2 rings (SSSR count). The van der Waals surface area contributed by atoms with Gasteiger partial charge in [-0.05, 0) is 13.0 Å². The number of aliphatic hydroxyl groups is 2. The third kappa shape index (κ3) is 3.01. The molecule has 7 heteroatoms. The van der Waals surface area contributed by atoms with Gasteiger partial charge in [0.2, 0.25) is 0 Å². The van der Waals surface area contributed by atoms with E-state index < -0.39 is 23.4 Å². The van der Waals surface area contributed by atoms with Gasteiger partial charge in [0.05, 0.1) is 17.6 Å². The minimum absolute atomic E-state index is 0.0299. The molecule has 7 nitrogen and oxygen atoms in total. The van der Waals surface area contributed by atoms with E-state index in [1.165, 1.54) is 6.07 Å². The molecule has 3 N–H and O–H groups in total. The molecule has 1 fully saturated rings. The summed E-state index contributed by atoms with van der Waals surface area (Å²) in [5, 5.41) is 32.4. The number of hydrogen-bond donors (Lipinski definition) is 3. The van der Waals surface area contributed by atoms with Crippen molar-refractivity contribution in [2.75, 3.05) is 11.9 Å². The highest BCUT2D eigenvalue weighted by Crippen LogP contribution is 2.26.